The molecule has 1 N–H and O–H groups in total. The number of hydrogen-bond donors (Lipinski definition) is 1. The number of H-pyrrole nitrogens is 1. The third kappa shape index (κ3) is 3.91. The Kier molecular flexibility index (Phi) is 5.37. The van der Waals surface area contributed by atoms with Crippen LogP contribution in [0.4, 0.5) is 0 Å². The van der Waals surface area contributed by atoms with Crippen LogP contribution in [-0.4, -0.2) is 21.7 Å². The second kappa shape index (κ2) is 7.93. The number of fused-ring (bicyclic) bond motifs is 3. The highest BCUT2D eigenvalue weighted by Gasteiger charge is 2.20. The molecule has 5 nitrogen and oxygen atoms in total. The Morgan fingerprint density at radius 2 is 2.04 bits per heavy atom. The predicted octanol–water partition coefficient (Wildman–Crippen LogP) is 3.15. The highest BCUT2D eigenvalue weighted by molar-refractivity contribution is 8.09. The van der Waals surface area contributed by atoms with E-state index in [1.807, 2.05) is 37.3 Å². The Morgan fingerprint density at radius 1 is 1.29 bits per heavy atom. The van der Waals surface area contributed by atoms with Gasteiger partial charge in [0, 0.05) is 10.6 Å². The second-order valence-electron chi connectivity index (χ2n) is 6.89. The van der Waals surface area contributed by atoms with Crippen molar-refractivity contribution in [3.05, 3.63) is 62.0 Å². The molecule has 0 radical (unpaired) electrons. The van der Waals surface area contributed by atoms with E-state index in [9.17, 15) is 14.7 Å². The number of thiophene rings is 1. The van der Waals surface area contributed by atoms with Crippen LogP contribution < -0.4 is 10.7 Å². The van der Waals surface area contributed by atoms with Crippen molar-refractivity contribution in [2.24, 2.45) is 0 Å². The number of carbonyl (C=O) groups excluding carboxylic acids is 1. The van der Waals surface area contributed by atoms with E-state index in [1.54, 1.807) is 11.3 Å². The Hall–Kier alpha value is -2.38. The minimum Gasteiger partial charge on any atom is -0.549 e. The van der Waals surface area contributed by atoms with Crippen LogP contribution in [-0.2, 0) is 17.6 Å². The van der Waals surface area contributed by atoms with Crippen LogP contribution in [0.15, 0.2) is 29.1 Å². The van der Waals surface area contributed by atoms with Crippen molar-refractivity contribution in [3.63, 3.8) is 0 Å². The number of hydrogen-bond acceptors (Lipinski definition) is 6. The third-order valence-electron chi connectivity index (χ3n) is 4.78. The SMILES string of the molecule is Cc1ccc(/C=C(\SCC(=O)[O-])c2nc3sc4c(c3c(=O)[nH]2)CCCC4)cc1. The van der Waals surface area contributed by atoms with Crippen LogP contribution in [0.2, 0.25) is 0 Å². The molecule has 28 heavy (non-hydrogen) atoms. The molecule has 0 saturated heterocycles. The Balaban J connectivity index is 1.81. The lowest BCUT2D eigenvalue weighted by Gasteiger charge is -2.10. The first-order chi connectivity index (χ1) is 13.5. The molecular formula is C21H19N2O3S2-. The highest BCUT2D eigenvalue weighted by atomic mass is 32.2. The van der Waals surface area contributed by atoms with Crippen LogP contribution >= 0.6 is 23.1 Å². The van der Waals surface area contributed by atoms with Gasteiger partial charge < -0.3 is 14.9 Å². The number of nitrogens with zero attached hydrogens (tertiary/aromatic N) is 1. The fraction of sp³-hybridized carbons (Fsp3) is 0.286. The van der Waals surface area contributed by atoms with Crippen LogP contribution in [0, 0.1) is 6.92 Å². The minimum absolute atomic E-state index is 0.150. The zero-order chi connectivity index (χ0) is 19.7. The topological polar surface area (TPSA) is 85.9 Å². The minimum atomic E-state index is -1.16. The summed E-state index contributed by atoms with van der Waals surface area (Å²) in [6.07, 6.45) is 6.01. The molecule has 0 aliphatic heterocycles. The summed E-state index contributed by atoms with van der Waals surface area (Å²) in [6, 6.07) is 7.88. The largest absolute Gasteiger partial charge is 0.549 e. The number of rotatable bonds is 5. The van der Waals surface area contributed by atoms with E-state index in [0.29, 0.717) is 16.1 Å². The zero-order valence-corrected chi connectivity index (χ0v) is 17.0. The summed E-state index contributed by atoms with van der Waals surface area (Å²) in [4.78, 5) is 34.0. The summed E-state index contributed by atoms with van der Waals surface area (Å²) >= 11 is 2.69. The molecule has 3 aromatic rings. The van der Waals surface area contributed by atoms with Crippen molar-refractivity contribution in [1.29, 1.82) is 0 Å². The highest BCUT2D eigenvalue weighted by Crippen LogP contribution is 2.35. The maximum Gasteiger partial charge on any atom is 0.260 e. The summed E-state index contributed by atoms with van der Waals surface area (Å²) in [5, 5.41) is 11.7. The van der Waals surface area contributed by atoms with Gasteiger partial charge in [-0.05, 0) is 49.8 Å². The maximum atomic E-state index is 12.8. The molecule has 0 amide bonds. The van der Waals surface area contributed by atoms with Gasteiger partial charge in [-0.2, -0.15) is 0 Å². The normalized spacial score (nSPS) is 14.2. The zero-order valence-electron chi connectivity index (χ0n) is 15.4. The van der Waals surface area contributed by atoms with Crippen LogP contribution in [0.3, 0.4) is 0 Å². The molecule has 2 heterocycles. The van der Waals surface area contributed by atoms with Gasteiger partial charge in [0.15, 0.2) is 0 Å². The Labute approximate surface area is 170 Å². The first kappa shape index (κ1) is 19.0. The van der Waals surface area contributed by atoms with Crippen LogP contribution in [0.1, 0.15) is 40.2 Å². The summed E-state index contributed by atoms with van der Waals surface area (Å²) in [6.45, 7) is 2.00. The maximum absolute atomic E-state index is 12.8. The number of nitrogens with one attached hydrogen (secondary N) is 1. The van der Waals surface area contributed by atoms with Gasteiger partial charge in [-0.3, -0.25) is 4.79 Å². The van der Waals surface area contributed by atoms with Gasteiger partial charge in [-0.25, -0.2) is 4.98 Å². The van der Waals surface area contributed by atoms with Crippen molar-refractivity contribution >= 4 is 50.3 Å². The van der Waals surface area contributed by atoms with Crippen molar-refractivity contribution < 1.29 is 9.90 Å². The first-order valence-corrected chi connectivity index (χ1v) is 11.0. The molecule has 0 bridgehead atoms. The van der Waals surface area contributed by atoms with E-state index in [2.05, 4.69) is 4.98 Å². The third-order valence-corrected chi connectivity index (χ3v) is 6.97. The number of carboxylic acids is 1. The van der Waals surface area contributed by atoms with Gasteiger partial charge in [0.05, 0.1) is 16.3 Å². The van der Waals surface area contributed by atoms with E-state index < -0.39 is 5.97 Å². The molecule has 0 spiro atoms. The second-order valence-corrected chi connectivity index (χ2v) is 8.99. The molecule has 2 aromatic heterocycles. The smallest absolute Gasteiger partial charge is 0.260 e. The molecule has 0 unspecified atom stereocenters. The molecule has 144 valence electrons. The van der Waals surface area contributed by atoms with Crippen molar-refractivity contribution in [2.45, 2.75) is 32.6 Å². The molecule has 1 aromatic carbocycles. The van der Waals surface area contributed by atoms with Crippen molar-refractivity contribution in [1.82, 2.24) is 9.97 Å². The molecule has 0 atom stereocenters. The fourth-order valence-corrected chi connectivity index (χ4v) is 5.40. The van der Waals surface area contributed by atoms with E-state index in [4.69, 9.17) is 4.98 Å². The van der Waals surface area contributed by atoms with Crippen molar-refractivity contribution in [3.8, 4) is 0 Å². The van der Waals surface area contributed by atoms with Gasteiger partial charge in [0.25, 0.3) is 5.56 Å². The quantitative estimate of drug-likeness (QED) is 0.697. The lowest BCUT2D eigenvalue weighted by molar-refractivity contribution is -0.301. The number of aryl methyl sites for hydroxylation is 3. The number of thioether (sulfide) groups is 1. The molecule has 1 aliphatic rings. The number of aromatic nitrogens is 2. The van der Waals surface area contributed by atoms with E-state index >= 15 is 0 Å². The van der Waals surface area contributed by atoms with E-state index in [1.165, 1.54) is 4.88 Å². The summed E-state index contributed by atoms with van der Waals surface area (Å²) < 4.78 is 0. The van der Waals surface area contributed by atoms with E-state index in [0.717, 1.165) is 59.0 Å². The number of carboxylic acid groups (broad SMARTS) is 1. The van der Waals surface area contributed by atoms with Crippen LogP contribution in [0.5, 0.6) is 0 Å². The molecule has 1 aliphatic carbocycles. The monoisotopic (exact) mass is 411 g/mol. The van der Waals surface area contributed by atoms with Crippen molar-refractivity contribution in [2.75, 3.05) is 5.75 Å². The number of aromatic amines is 1. The van der Waals surface area contributed by atoms with Gasteiger partial charge in [-0.15, -0.1) is 23.1 Å². The molecule has 0 fully saturated rings. The average Bonchev–Trinajstić information content (AvgIpc) is 3.05. The average molecular weight is 412 g/mol. The summed E-state index contributed by atoms with van der Waals surface area (Å²) in [5.74, 6) is -0.960. The summed E-state index contributed by atoms with van der Waals surface area (Å²) in [7, 11) is 0. The predicted molar refractivity (Wildman–Crippen MR) is 113 cm³/mol. The van der Waals surface area contributed by atoms with Crippen LogP contribution in [0.25, 0.3) is 21.2 Å². The number of benzene rings is 1. The van der Waals surface area contributed by atoms with E-state index in [-0.39, 0.29) is 11.3 Å². The standard InChI is InChI=1S/C21H20N2O3S2/c1-12-6-8-13(9-7-12)10-16(27-11-17(24)25)19-22-20(26)18-14-4-2-3-5-15(14)28-21(18)23-19/h6-10H,2-5,11H2,1H3,(H,24,25)(H,22,23,26)/p-1/b16-10-. The molecule has 0 saturated carbocycles. The van der Waals surface area contributed by atoms with Gasteiger partial charge in [-0.1, -0.05) is 29.8 Å². The molecular weight excluding hydrogens is 392 g/mol. The lowest BCUT2D eigenvalue weighted by Crippen LogP contribution is -2.24. The van der Waals surface area contributed by atoms with Gasteiger partial charge in [0.1, 0.15) is 10.7 Å². The van der Waals surface area contributed by atoms with Gasteiger partial charge >= 0.3 is 0 Å². The number of aliphatic carboxylic acids is 1. The Morgan fingerprint density at radius 3 is 2.79 bits per heavy atom. The summed E-state index contributed by atoms with van der Waals surface area (Å²) in [5.41, 5.74) is 3.04. The first-order valence-electron chi connectivity index (χ1n) is 9.17. The molecule has 7 heteroatoms. The van der Waals surface area contributed by atoms with Gasteiger partial charge in [0.2, 0.25) is 0 Å². The Bertz CT molecular complexity index is 1130. The number of carbonyl (C=O) groups is 1. The lowest BCUT2D eigenvalue weighted by atomic mass is 9.97. The molecule has 4 rings (SSSR count). The fourth-order valence-electron chi connectivity index (χ4n) is 3.41.